The summed E-state index contributed by atoms with van der Waals surface area (Å²) in [4.78, 5) is 9.91. The number of halogens is 3. The summed E-state index contributed by atoms with van der Waals surface area (Å²) in [6.45, 7) is -1.28. The van der Waals surface area contributed by atoms with E-state index in [-0.39, 0.29) is 22.4 Å². The zero-order chi connectivity index (χ0) is 13.3. The number of nitrogens with one attached hydrogen (secondary N) is 1. The van der Waals surface area contributed by atoms with Gasteiger partial charge in [0.1, 0.15) is 6.54 Å². The van der Waals surface area contributed by atoms with Gasteiger partial charge < -0.3 is 5.32 Å². The fourth-order valence-corrected chi connectivity index (χ4v) is 1.34. The second-order valence-electron chi connectivity index (χ2n) is 3.32. The van der Waals surface area contributed by atoms with Crippen molar-refractivity contribution in [3.05, 3.63) is 22.2 Å². The predicted molar refractivity (Wildman–Crippen MR) is 53.0 cm³/mol. The zero-order valence-corrected chi connectivity index (χ0v) is 8.56. The van der Waals surface area contributed by atoms with Gasteiger partial charge in [-0.2, -0.15) is 13.2 Å². The van der Waals surface area contributed by atoms with Crippen LogP contribution in [0.5, 0.6) is 0 Å². The largest absolute Gasteiger partial charge is 0.405 e. The summed E-state index contributed by atoms with van der Waals surface area (Å²) in [5, 5.41) is 19.3. The molecule has 0 unspecified atom stereocenters. The van der Waals surface area contributed by atoms with E-state index >= 15 is 0 Å². The van der Waals surface area contributed by atoms with Gasteiger partial charge in [-0.05, 0) is 16.4 Å². The van der Waals surface area contributed by atoms with Crippen LogP contribution in [0.1, 0.15) is 0 Å². The minimum Gasteiger partial charge on any atom is -0.375 e. The van der Waals surface area contributed by atoms with Crippen molar-refractivity contribution in [2.24, 2.45) is 0 Å². The number of alkyl halides is 3. The van der Waals surface area contributed by atoms with Crippen LogP contribution in [0.3, 0.4) is 0 Å². The number of nitrogens with zero attached hydrogens (tertiary/aromatic N) is 3. The van der Waals surface area contributed by atoms with Crippen molar-refractivity contribution in [2.45, 2.75) is 6.18 Å². The van der Waals surface area contributed by atoms with Gasteiger partial charge in [-0.3, -0.25) is 10.1 Å². The SMILES string of the molecule is O=[N+]([O-])c1ccc(NCC(F)(F)F)c2nonc12. The topological polar surface area (TPSA) is 94.1 Å². The van der Waals surface area contributed by atoms with Crippen LogP contribution >= 0.6 is 0 Å². The molecule has 0 amide bonds. The molecule has 0 spiro atoms. The van der Waals surface area contributed by atoms with Gasteiger partial charge >= 0.3 is 11.9 Å². The molecule has 10 heteroatoms. The number of anilines is 1. The van der Waals surface area contributed by atoms with Gasteiger partial charge in [0, 0.05) is 6.07 Å². The maximum Gasteiger partial charge on any atom is 0.405 e. The Balaban J connectivity index is 2.39. The Morgan fingerprint density at radius 1 is 1.33 bits per heavy atom. The second-order valence-corrected chi connectivity index (χ2v) is 3.32. The third-order valence-corrected chi connectivity index (χ3v) is 2.07. The van der Waals surface area contributed by atoms with Crippen LogP contribution in [-0.2, 0) is 0 Å². The number of nitro benzene ring substituents is 1. The minimum absolute atomic E-state index is 0.0332. The van der Waals surface area contributed by atoms with Gasteiger partial charge in [-0.1, -0.05) is 0 Å². The Hall–Kier alpha value is -2.39. The molecule has 18 heavy (non-hydrogen) atoms. The maximum atomic E-state index is 12.0. The molecule has 1 heterocycles. The first kappa shape index (κ1) is 12.1. The fraction of sp³-hybridized carbons (Fsp3) is 0.250. The first-order valence-electron chi connectivity index (χ1n) is 4.59. The Kier molecular flexibility index (Phi) is 2.77. The Bertz CT molecular complexity index is 595. The number of aromatic nitrogens is 2. The highest BCUT2D eigenvalue weighted by Gasteiger charge is 2.28. The molecule has 1 N–H and O–H groups in total. The molecule has 0 atom stereocenters. The van der Waals surface area contributed by atoms with Crippen LogP contribution in [0, 0.1) is 10.1 Å². The predicted octanol–water partition coefficient (Wildman–Crippen LogP) is 2.11. The van der Waals surface area contributed by atoms with Crippen molar-refractivity contribution in [3.8, 4) is 0 Å². The van der Waals surface area contributed by atoms with E-state index in [0.717, 1.165) is 12.1 Å². The average Bonchev–Trinajstić information content (AvgIpc) is 2.72. The van der Waals surface area contributed by atoms with E-state index in [2.05, 4.69) is 20.3 Å². The third-order valence-electron chi connectivity index (χ3n) is 2.07. The van der Waals surface area contributed by atoms with E-state index in [1.165, 1.54) is 0 Å². The number of non-ortho nitro benzene ring substituents is 1. The van der Waals surface area contributed by atoms with Crippen molar-refractivity contribution in [1.29, 1.82) is 0 Å². The molecule has 1 aromatic carbocycles. The van der Waals surface area contributed by atoms with Crippen molar-refractivity contribution < 1.29 is 22.7 Å². The summed E-state index contributed by atoms with van der Waals surface area (Å²) in [6.07, 6.45) is -4.41. The van der Waals surface area contributed by atoms with Gasteiger partial charge in [0.15, 0.2) is 5.52 Å². The van der Waals surface area contributed by atoms with Crippen LogP contribution in [0.2, 0.25) is 0 Å². The molecule has 7 nitrogen and oxygen atoms in total. The molecular formula is C8H5F3N4O3. The van der Waals surface area contributed by atoms with E-state index in [0.29, 0.717) is 0 Å². The number of nitro groups is 1. The number of benzene rings is 1. The minimum atomic E-state index is -4.41. The standard InChI is InChI=1S/C8H5F3N4O3/c9-8(10,11)3-12-4-1-2-5(15(16)17)7-6(4)13-18-14-7/h1-2,12H,3H2. The maximum absolute atomic E-state index is 12.0. The van der Waals surface area contributed by atoms with Gasteiger partial charge in [0.05, 0.1) is 10.6 Å². The molecule has 2 aromatic rings. The van der Waals surface area contributed by atoms with E-state index in [1.54, 1.807) is 0 Å². The van der Waals surface area contributed by atoms with Crippen LogP contribution in [0.25, 0.3) is 11.0 Å². The normalized spacial score (nSPS) is 11.7. The smallest absolute Gasteiger partial charge is 0.375 e. The Labute approximate surface area is 96.7 Å². The molecule has 0 aliphatic rings. The lowest BCUT2D eigenvalue weighted by atomic mass is 10.2. The van der Waals surface area contributed by atoms with E-state index in [9.17, 15) is 23.3 Å². The summed E-state index contributed by atoms with van der Waals surface area (Å²) in [5.74, 6) is 0. The quantitative estimate of drug-likeness (QED) is 0.672. The molecule has 0 bridgehead atoms. The molecule has 0 fully saturated rings. The number of hydrogen-bond acceptors (Lipinski definition) is 6. The summed E-state index contributed by atoms with van der Waals surface area (Å²) in [5.41, 5.74) is -0.737. The monoisotopic (exact) mass is 262 g/mol. The van der Waals surface area contributed by atoms with E-state index in [4.69, 9.17) is 0 Å². The molecule has 96 valence electrons. The number of hydrogen-bond donors (Lipinski definition) is 1. The van der Waals surface area contributed by atoms with Crippen molar-refractivity contribution in [2.75, 3.05) is 11.9 Å². The van der Waals surface area contributed by atoms with Crippen LogP contribution in [-0.4, -0.2) is 28.0 Å². The number of fused-ring (bicyclic) bond motifs is 1. The highest BCUT2D eigenvalue weighted by molar-refractivity contribution is 5.93. The highest BCUT2D eigenvalue weighted by atomic mass is 19.4. The van der Waals surface area contributed by atoms with Crippen molar-refractivity contribution >= 4 is 22.4 Å². The zero-order valence-electron chi connectivity index (χ0n) is 8.56. The second kappa shape index (κ2) is 4.13. The molecule has 0 saturated carbocycles. The highest BCUT2D eigenvalue weighted by Crippen LogP contribution is 2.29. The first-order valence-corrected chi connectivity index (χ1v) is 4.59. The van der Waals surface area contributed by atoms with Crippen LogP contribution in [0.4, 0.5) is 24.5 Å². The fourth-order valence-electron chi connectivity index (χ4n) is 1.34. The van der Waals surface area contributed by atoms with Crippen molar-refractivity contribution in [3.63, 3.8) is 0 Å². The van der Waals surface area contributed by atoms with E-state index in [1.807, 2.05) is 0 Å². The van der Waals surface area contributed by atoms with Crippen LogP contribution in [0.15, 0.2) is 16.8 Å². The van der Waals surface area contributed by atoms with Gasteiger partial charge in [0.25, 0.3) is 0 Å². The molecular weight excluding hydrogens is 257 g/mol. The molecule has 0 aliphatic heterocycles. The summed E-state index contributed by atoms with van der Waals surface area (Å²) >= 11 is 0. The molecule has 2 rings (SSSR count). The lowest BCUT2D eigenvalue weighted by Gasteiger charge is -2.08. The van der Waals surface area contributed by atoms with Gasteiger partial charge in [-0.25, -0.2) is 4.63 Å². The van der Waals surface area contributed by atoms with Gasteiger partial charge in [-0.15, -0.1) is 0 Å². The summed E-state index contributed by atoms with van der Waals surface area (Å²) in [7, 11) is 0. The average molecular weight is 262 g/mol. The Morgan fingerprint density at radius 3 is 2.61 bits per heavy atom. The first-order chi connectivity index (χ1) is 8.38. The van der Waals surface area contributed by atoms with E-state index < -0.39 is 17.6 Å². The lowest BCUT2D eigenvalue weighted by molar-refractivity contribution is -0.383. The molecule has 1 aromatic heterocycles. The molecule has 0 aliphatic carbocycles. The van der Waals surface area contributed by atoms with Crippen molar-refractivity contribution in [1.82, 2.24) is 10.3 Å². The van der Waals surface area contributed by atoms with Gasteiger partial charge in [0.2, 0.25) is 5.52 Å². The number of rotatable bonds is 3. The van der Waals surface area contributed by atoms with Crippen LogP contribution < -0.4 is 5.32 Å². The third kappa shape index (κ3) is 2.31. The molecule has 0 saturated heterocycles. The lowest BCUT2D eigenvalue weighted by Crippen LogP contribution is -2.21. The Morgan fingerprint density at radius 2 is 2.00 bits per heavy atom. The summed E-state index contributed by atoms with van der Waals surface area (Å²) in [6, 6.07) is 2.15. The molecule has 0 radical (unpaired) electrons. The summed E-state index contributed by atoms with van der Waals surface area (Å²) < 4.78 is 40.4.